The topological polar surface area (TPSA) is 77.2 Å². The van der Waals surface area contributed by atoms with Gasteiger partial charge in [0, 0.05) is 23.8 Å². The largest absolute Gasteiger partial charge is 0.486 e. The highest BCUT2D eigenvalue weighted by Crippen LogP contribution is 2.30. The lowest BCUT2D eigenvalue weighted by molar-refractivity contribution is 0.132. The second kappa shape index (κ2) is 7.17. The van der Waals surface area contributed by atoms with E-state index in [1.54, 1.807) is 24.5 Å². The van der Waals surface area contributed by atoms with Crippen LogP contribution in [0, 0.1) is 0 Å². The minimum atomic E-state index is -0.404. The zero-order valence-electron chi connectivity index (χ0n) is 13.2. The van der Waals surface area contributed by atoms with E-state index in [1.807, 2.05) is 24.3 Å². The molecular formula is C17H20ClN4O2+. The van der Waals surface area contributed by atoms with Gasteiger partial charge < -0.3 is 15.8 Å². The quantitative estimate of drug-likeness (QED) is 0.831. The van der Waals surface area contributed by atoms with Gasteiger partial charge >= 0.3 is 6.03 Å². The Labute approximate surface area is 145 Å². The number of primary amides is 1. The molecular weight excluding hydrogens is 328 g/mol. The number of nitrogens with zero attached hydrogens (tertiary/aromatic N) is 2. The smallest absolute Gasteiger partial charge is 0.419 e. The Bertz CT molecular complexity index is 713. The van der Waals surface area contributed by atoms with Crippen molar-refractivity contribution in [2.24, 2.45) is 5.73 Å². The number of amides is 2. The van der Waals surface area contributed by atoms with Crippen LogP contribution in [-0.2, 0) is 0 Å². The van der Waals surface area contributed by atoms with E-state index in [9.17, 15) is 4.79 Å². The molecule has 1 fully saturated rings. The van der Waals surface area contributed by atoms with E-state index in [1.165, 1.54) is 0 Å². The third-order valence-corrected chi connectivity index (χ3v) is 4.62. The van der Waals surface area contributed by atoms with Gasteiger partial charge in [-0.2, -0.15) is 0 Å². The van der Waals surface area contributed by atoms with E-state index in [2.05, 4.69) is 10.3 Å². The number of hydrogen-bond acceptors (Lipinski definition) is 4. The summed E-state index contributed by atoms with van der Waals surface area (Å²) in [4.78, 5) is 16.5. The minimum absolute atomic E-state index is 0.0216. The summed E-state index contributed by atoms with van der Waals surface area (Å²) in [6.45, 7) is 2.21. The van der Waals surface area contributed by atoms with Crippen LogP contribution in [0.3, 0.4) is 0 Å². The molecule has 7 heteroatoms. The molecule has 2 aromatic rings. The van der Waals surface area contributed by atoms with E-state index >= 15 is 0 Å². The fraction of sp³-hybridized carbons (Fsp3) is 0.294. The van der Waals surface area contributed by atoms with Crippen molar-refractivity contribution in [2.75, 3.05) is 26.2 Å². The molecule has 1 aliphatic rings. The first-order valence-electron chi connectivity index (χ1n) is 7.80. The van der Waals surface area contributed by atoms with Crippen LogP contribution in [0.1, 0.15) is 0 Å². The van der Waals surface area contributed by atoms with E-state index in [0.717, 1.165) is 5.69 Å². The maximum absolute atomic E-state index is 12.5. The van der Waals surface area contributed by atoms with Gasteiger partial charge in [0.1, 0.15) is 30.6 Å². The summed E-state index contributed by atoms with van der Waals surface area (Å²) in [5.41, 5.74) is 6.63. The maximum atomic E-state index is 12.5. The zero-order valence-corrected chi connectivity index (χ0v) is 13.9. The van der Waals surface area contributed by atoms with E-state index in [-0.39, 0.29) is 10.5 Å². The van der Waals surface area contributed by atoms with Crippen molar-refractivity contribution < 1.29 is 9.53 Å². The van der Waals surface area contributed by atoms with E-state index in [0.29, 0.717) is 37.0 Å². The van der Waals surface area contributed by atoms with Crippen LogP contribution in [0.15, 0.2) is 48.8 Å². The van der Waals surface area contributed by atoms with Crippen LogP contribution in [0.4, 0.5) is 10.5 Å². The molecule has 126 valence electrons. The Balaban J connectivity index is 1.91. The molecule has 2 unspecified atom stereocenters. The highest BCUT2D eigenvalue weighted by atomic mass is 35.5. The number of ether oxygens (including phenoxy) is 1. The Hall–Kier alpha value is -2.15. The number of benzene rings is 1. The predicted octanol–water partition coefficient (Wildman–Crippen LogP) is 2.17. The summed E-state index contributed by atoms with van der Waals surface area (Å²) in [5, 5.41) is 3.89. The maximum Gasteiger partial charge on any atom is 0.419 e. The molecule has 0 saturated carbocycles. The second-order valence-electron chi connectivity index (χ2n) is 5.77. The normalized spacial score (nSPS) is 23.6. The van der Waals surface area contributed by atoms with Crippen LogP contribution in [-0.4, -0.2) is 43.3 Å². The third kappa shape index (κ3) is 3.21. The number of hydrogen-bond donors (Lipinski definition) is 2. The van der Waals surface area contributed by atoms with E-state index < -0.39 is 6.03 Å². The molecule has 2 atom stereocenters. The number of piperazine rings is 1. The second-order valence-corrected chi connectivity index (χ2v) is 6.20. The summed E-state index contributed by atoms with van der Waals surface area (Å²) in [6.07, 6.45) is 3.33. The Kier molecular flexibility index (Phi) is 4.99. The van der Waals surface area contributed by atoms with Gasteiger partial charge in [0.25, 0.3) is 0 Å². The average Bonchev–Trinajstić information content (AvgIpc) is 2.61. The van der Waals surface area contributed by atoms with Gasteiger partial charge in [-0.3, -0.25) is 4.98 Å². The standard InChI is InChI=1S/C17H19ClN4O2/c18-13-3-1-4-14(9-13)22(17(19)23)8-7-21-10-15(22)12-24-16-5-2-6-20-11-16/h1-6,9,11,15,21H,7-8,10,12H2,(H-,19,23)/p+1. The van der Waals surface area contributed by atoms with Gasteiger partial charge in [0.15, 0.2) is 0 Å². The molecule has 3 N–H and O–H groups in total. The van der Waals surface area contributed by atoms with Gasteiger partial charge in [-0.15, -0.1) is 0 Å². The lowest BCUT2D eigenvalue weighted by atomic mass is 10.1. The fourth-order valence-corrected chi connectivity index (χ4v) is 3.34. The highest BCUT2D eigenvalue weighted by Gasteiger charge is 2.47. The molecule has 6 nitrogen and oxygen atoms in total. The summed E-state index contributed by atoms with van der Waals surface area (Å²) < 4.78 is 5.87. The SMILES string of the molecule is NC(=O)[N+]1(c2cccc(Cl)c2)CCNCC1COc1cccnc1. The number of nitrogens with one attached hydrogen (secondary N) is 1. The summed E-state index contributed by atoms with van der Waals surface area (Å²) in [6, 6.07) is 10.4. The number of aromatic nitrogens is 1. The van der Waals surface area contributed by atoms with Gasteiger partial charge in [-0.25, -0.2) is 9.28 Å². The highest BCUT2D eigenvalue weighted by molar-refractivity contribution is 6.30. The van der Waals surface area contributed by atoms with Crippen LogP contribution in [0.2, 0.25) is 5.02 Å². The van der Waals surface area contributed by atoms with Gasteiger partial charge in [0.05, 0.1) is 12.7 Å². The molecule has 0 spiro atoms. The van der Waals surface area contributed by atoms with Gasteiger partial charge in [-0.1, -0.05) is 17.7 Å². The third-order valence-electron chi connectivity index (χ3n) is 4.38. The molecule has 0 aliphatic carbocycles. The van der Waals surface area contributed by atoms with E-state index in [4.69, 9.17) is 22.1 Å². The van der Waals surface area contributed by atoms with Crippen LogP contribution < -0.4 is 20.3 Å². The summed E-state index contributed by atoms with van der Waals surface area (Å²) >= 11 is 6.13. The van der Waals surface area contributed by atoms with Crippen LogP contribution in [0.5, 0.6) is 5.75 Å². The molecule has 1 aliphatic heterocycles. The van der Waals surface area contributed by atoms with Gasteiger partial charge in [0.2, 0.25) is 0 Å². The van der Waals surface area contributed by atoms with Crippen molar-refractivity contribution in [1.82, 2.24) is 14.8 Å². The first kappa shape index (κ1) is 16.7. The lowest BCUT2D eigenvalue weighted by Crippen LogP contribution is -2.72. The zero-order chi connectivity index (χ0) is 17.0. The minimum Gasteiger partial charge on any atom is -0.486 e. The first-order valence-corrected chi connectivity index (χ1v) is 8.18. The monoisotopic (exact) mass is 347 g/mol. The molecule has 2 amide bonds. The van der Waals surface area contributed by atoms with Crippen molar-refractivity contribution in [3.05, 3.63) is 53.8 Å². The Morgan fingerprint density at radius 2 is 2.29 bits per heavy atom. The first-order chi connectivity index (χ1) is 11.6. The molecule has 1 aromatic carbocycles. The van der Waals surface area contributed by atoms with Gasteiger partial charge in [-0.05, 0) is 24.3 Å². The molecule has 3 rings (SSSR count). The van der Waals surface area contributed by atoms with Crippen molar-refractivity contribution in [2.45, 2.75) is 6.04 Å². The number of halogens is 1. The summed E-state index contributed by atoms with van der Waals surface area (Å²) in [5.74, 6) is 0.664. The Morgan fingerprint density at radius 1 is 1.42 bits per heavy atom. The molecule has 24 heavy (non-hydrogen) atoms. The van der Waals surface area contributed by atoms with Crippen molar-refractivity contribution in [3.63, 3.8) is 0 Å². The number of pyridine rings is 1. The molecule has 1 saturated heterocycles. The Morgan fingerprint density at radius 3 is 3.00 bits per heavy atom. The lowest BCUT2D eigenvalue weighted by Gasteiger charge is -2.43. The summed E-state index contributed by atoms with van der Waals surface area (Å²) in [7, 11) is 0. The predicted molar refractivity (Wildman–Crippen MR) is 94.1 cm³/mol. The fourth-order valence-electron chi connectivity index (χ4n) is 3.16. The van der Waals surface area contributed by atoms with Crippen molar-refractivity contribution >= 4 is 23.3 Å². The number of urea groups is 1. The van der Waals surface area contributed by atoms with Crippen molar-refractivity contribution in [1.29, 1.82) is 0 Å². The van der Waals surface area contributed by atoms with Crippen molar-refractivity contribution in [3.8, 4) is 5.75 Å². The molecule has 0 radical (unpaired) electrons. The average molecular weight is 348 g/mol. The van der Waals surface area contributed by atoms with Crippen LogP contribution >= 0.6 is 11.6 Å². The number of nitrogens with two attached hydrogens (primary N) is 1. The molecule has 1 aromatic heterocycles. The number of carbonyl (C=O) groups excluding carboxylic acids is 1. The van der Waals surface area contributed by atoms with Crippen LogP contribution in [0.25, 0.3) is 0 Å². The number of rotatable bonds is 4. The number of carbonyl (C=O) groups is 1. The molecule has 2 heterocycles. The molecule has 0 bridgehead atoms. The number of quaternary nitrogens is 1.